The molecule has 11 heteroatoms. The summed E-state index contributed by atoms with van der Waals surface area (Å²) in [6, 6.07) is 9.96. The Morgan fingerprint density at radius 1 is 1.21 bits per heavy atom. The number of thioether (sulfide) groups is 1. The summed E-state index contributed by atoms with van der Waals surface area (Å²) in [6.07, 6.45) is 1.09. The fourth-order valence-electron chi connectivity index (χ4n) is 2.67. The van der Waals surface area contributed by atoms with Crippen molar-refractivity contribution in [1.29, 1.82) is 0 Å². The number of methoxy groups -OCH3 is 2. The Bertz CT molecular complexity index is 1180. The van der Waals surface area contributed by atoms with Crippen LogP contribution in [0.25, 0.3) is 11.0 Å². The van der Waals surface area contributed by atoms with Gasteiger partial charge in [0.1, 0.15) is 11.5 Å². The molecule has 3 aromatic rings. The third kappa shape index (κ3) is 4.60. The molecule has 0 spiro atoms. The maximum absolute atomic E-state index is 12.4. The van der Waals surface area contributed by atoms with E-state index in [1.165, 1.54) is 20.3 Å². The predicted octanol–water partition coefficient (Wildman–Crippen LogP) is 3.25. The number of benzene rings is 2. The van der Waals surface area contributed by atoms with Crippen LogP contribution in [0.1, 0.15) is 0 Å². The summed E-state index contributed by atoms with van der Waals surface area (Å²) in [5.41, 5.74) is 1.37. The van der Waals surface area contributed by atoms with Crippen molar-refractivity contribution in [2.75, 3.05) is 31.5 Å². The molecule has 3 rings (SSSR count). The minimum atomic E-state index is -3.60. The molecule has 1 heterocycles. The lowest BCUT2D eigenvalue weighted by molar-refractivity contribution is -0.113. The van der Waals surface area contributed by atoms with E-state index in [1.807, 2.05) is 0 Å². The lowest BCUT2D eigenvalue weighted by Gasteiger charge is -2.13. The quantitative estimate of drug-likeness (QED) is 0.546. The van der Waals surface area contributed by atoms with Crippen LogP contribution in [0.2, 0.25) is 5.02 Å². The van der Waals surface area contributed by atoms with Gasteiger partial charge in [-0.15, -0.1) is 0 Å². The molecular weight excluding hydrogens is 438 g/mol. The maximum atomic E-state index is 12.4. The summed E-state index contributed by atoms with van der Waals surface area (Å²) in [5, 5.41) is 3.23. The van der Waals surface area contributed by atoms with Crippen molar-refractivity contribution < 1.29 is 22.7 Å². The van der Waals surface area contributed by atoms with Crippen LogP contribution in [0.4, 0.5) is 5.69 Å². The van der Waals surface area contributed by atoms with Crippen molar-refractivity contribution >= 4 is 56.0 Å². The first-order chi connectivity index (χ1) is 13.7. The van der Waals surface area contributed by atoms with Crippen LogP contribution < -0.4 is 14.8 Å². The molecule has 0 unspecified atom stereocenters. The van der Waals surface area contributed by atoms with Crippen LogP contribution in [0.15, 0.2) is 41.6 Å². The summed E-state index contributed by atoms with van der Waals surface area (Å²) < 4.78 is 35.9. The van der Waals surface area contributed by atoms with Gasteiger partial charge < -0.3 is 14.8 Å². The number of carbonyl (C=O) groups is 1. The van der Waals surface area contributed by atoms with Gasteiger partial charge in [0.25, 0.3) is 0 Å². The number of anilines is 1. The van der Waals surface area contributed by atoms with Gasteiger partial charge in [0.15, 0.2) is 5.16 Å². The number of ether oxygens (including phenoxy) is 2. The highest BCUT2D eigenvalue weighted by Crippen LogP contribution is 2.36. The Morgan fingerprint density at radius 3 is 2.55 bits per heavy atom. The molecule has 0 saturated carbocycles. The molecule has 8 nitrogen and oxygen atoms in total. The normalized spacial score (nSPS) is 11.4. The zero-order valence-corrected chi connectivity index (χ0v) is 18.2. The fourth-order valence-corrected chi connectivity index (χ4v) is 5.02. The van der Waals surface area contributed by atoms with E-state index in [9.17, 15) is 13.2 Å². The average Bonchev–Trinajstić information content (AvgIpc) is 3.05. The molecule has 154 valence electrons. The third-order valence-corrected chi connectivity index (χ3v) is 6.28. The number of amides is 1. The lowest BCUT2D eigenvalue weighted by atomic mass is 10.2. The minimum Gasteiger partial charge on any atom is -0.495 e. The first-order valence-corrected chi connectivity index (χ1v) is 11.5. The molecule has 1 amide bonds. The molecular formula is C18H18ClN3O5S2. The van der Waals surface area contributed by atoms with E-state index >= 15 is 0 Å². The average molecular weight is 456 g/mol. The molecule has 29 heavy (non-hydrogen) atoms. The second-order valence-electron chi connectivity index (χ2n) is 5.93. The van der Waals surface area contributed by atoms with Crippen molar-refractivity contribution in [3.8, 4) is 11.5 Å². The Morgan fingerprint density at radius 2 is 1.90 bits per heavy atom. The largest absolute Gasteiger partial charge is 0.495 e. The summed E-state index contributed by atoms with van der Waals surface area (Å²) in [7, 11) is -0.662. The predicted molar refractivity (Wildman–Crippen MR) is 114 cm³/mol. The van der Waals surface area contributed by atoms with Gasteiger partial charge >= 0.3 is 0 Å². The fraction of sp³-hybridized carbons (Fsp3) is 0.222. The van der Waals surface area contributed by atoms with Crippen LogP contribution in [0.5, 0.6) is 11.5 Å². The van der Waals surface area contributed by atoms with Crippen molar-refractivity contribution in [3.63, 3.8) is 0 Å². The zero-order valence-electron chi connectivity index (χ0n) is 15.8. The van der Waals surface area contributed by atoms with E-state index in [1.54, 1.807) is 30.3 Å². The number of nitrogens with one attached hydrogen (secondary N) is 1. The van der Waals surface area contributed by atoms with E-state index in [4.69, 9.17) is 21.1 Å². The molecule has 0 fully saturated rings. The van der Waals surface area contributed by atoms with Crippen LogP contribution in [-0.2, 0) is 14.8 Å². The molecule has 0 atom stereocenters. The Balaban J connectivity index is 1.81. The maximum Gasteiger partial charge on any atom is 0.238 e. The SMILES string of the molecule is COc1cc(OC)c(NC(=O)CSc2nc3ccccc3n2S(C)(=O)=O)cc1Cl. The topological polar surface area (TPSA) is 99.5 Å². The summed E-state index contributed by atoms with van der Waals surface area (Å²) in [4.78, 5) is 16.8. The molecule has 0 aliphatic rings. The number of aromatic nitrogens is 2. The summed E-state index contributed by atoms with van der Waals surface area (Å²) >= 11 is 7.13. The van der Waals surface area contributed by atoms with Gasteiger partial charge in [0.2, 0.25) is 15.9 Å². The number of halogens is 1. The van der Waals surface area contributed by atoms with Gasteiger partial charge in [-0.1, -0.05) is 35.5 Å². The first kappa shape index (κ1) is 21.3. The van der Waals surface area contributed by atoms with Crippen LogP contribution >= 0.6 is 23.4 Å². The number of nitrogens with zero attached hydrogens (tertiary/aromatic N) is 2. The van der Waals surface area contributed by atoms with Gasteiger partial charge in [0.05, 0.1) is 48.0 Å². The minimum absolute atomic E-state index is 0.0638. The summed E-state index contributed by atoms with van der Waals surface area (Å²) in [5.74, 6) is 0.360. The third-order valence-electron chi connectivity index (χ3n) is 3.90. The highest BCUT2D eigenvalue weighted by atomic mass is 35.5. The number of carbonyl (C=O) groups excluding carboxylic acids is 1. The Kier molecular flexibility index (Phi) is 6.25. The monoisotopic (exact) mass is 455 g/mol. The molecule has 0 bridgehead atoms. The van der Waals surface area contributed by atoms with Gasteiger partial charge in [-0.3, -0.25) is 4.79 Å². The summed E-state index contributed by atoms with van der Waals surface area (Å²) in [6.45, 7) is 0. The number of hydrogen-bond donors (Lipinski definition) is 1. The van der Waals surface area contributed by atoms with E-state index in [-0.39, 0.29) is 16.8 Å². The molecule has 0 radical (unpaired) electrons. The van der Waals surface area contributed by atoms with Crippen LogP contribution in [0.3, 0.4) is 0 Å². The highest BCUT2D eigenvalue weighted by molar-refractivity contribution is 8.00. The lowest BCUT2D eigenvalue weighted by Crippen LogP contribution is -2.16. The highest BCUT2D eigenvalue weighted by Gasteiger charge is 2.20. The van der Waals surface area contributed by atoms with Crippen molar-refractivity contribution in [2.24, 2.45) is 0 Å². The Labute approximate surface area is 177 Å². The van der Waals surface area contributed by atoms with Gasteiger partial charge in [-0.25, -0.2) is 17.4 Å². The second kappa shape index (κ2) is 8.52. The second-order valence-corrected chi connectivity index (χ2v) is 9.12. The number of fused-ring (bicyclic) bond motifs is 1. The van der Waals surface area contributed by atoms with Gasteiger partial charge in [-0.2, -0.15) is 0 Å². The molecule has 0 saturated heterocycles. The van der Waals surface area contributed by atoms with E-state index < -0.39 is 10.0 Å². The first-order valence-electron chi connectivity index (χ1n) is 8.26. The van der Waals surface area contributed by atoms with Crippen LogP contribution in [0, 0.1) is 0 Å². The van der Waals surface area contributed by atoms with Gasteiger partial charge in [0, 0.05) is 6.07 Å². The van der Waals surface area contributed by atoms with E-state index in [0.717, 1.165) is 22.0 Å². The molecule has 1 N–H and O–H groups in total. The number of imidazole rings is 1. The van der Waals surface area contributed by atoms with E-state index in [0.29, 0.717) is 33.2 Å². The molecule has 2 aromatic carbocycles. The Hall–Kier alpha value is -2.43. The van der Waals surface area contributed by atoms with Crippen molar-refractivity contribution in [2.45, 2.75) is 5.16 Å². The standard InChI is InChI=1S/C18H18ClN3O5S2/c1-26-15-9-16(27-2)13(8-11(15)19)20-17(23)10-28-18-21-12-6-4-5-7-14(12)22(18)29(3,24)25/h4-9H,10H2,1-3H3,(H,20,23). The number of hydrogen-bond acceptors (Lipinski definition) is 7. The number of rotatable bonds is 7. The molecule has 0 aliphatic heterocycles. The van der Waals surface area contributed by atoms with Crippen molar-refractivity contribution in [1.82, 2.24) is 8.96 Å². The number of para-hydroxylation sites is 2. The van der Waals surface area contributed by atoms with Crippen LogP contribution in [-0.4, -0.2) is 49.5 Å². The van der Waals surface area contributed by atoms with E-state index in [2.05, 4.69) is 10.3 Å². The molecule has 1 aromatic heterocycles. The van der Waals surface area contributed by atoms with Crippen molar-refractivity contribution in [3.05, 3.63) is 41.4 Å². The van der Waals surface area contributed by atoms with Gasteiger partial charge in [-0.05, 0) is 18.2 Å². The zero-order chi connectivity index (χ0) is 21.2. The molecule has 0 aliphatic carbocycles. The smallest absolute Gasteiger partial charge is 0.238 e.